The molecule has 0 saturated heterocycles. The lowest BCUT2D eigenvalue weighted by atomic mass is 9.94. The molecule has 1 aromatic heterocycles. The van der Waals surface area contributed by atoms with Crippen molar-refractivity contribution in [2.75, 3.05) is 26.8 Å². The Morgan fingerprint density at radius 1 is 1.11 bits per heavy atom. The topological polar surface area (TPSA) is 127 Å². The Bertz CT molecular complexity index is 1030. The number of carbonyl (C=O) groups is 4. The van der Waals surface area contributed by atoms with Crippen LogP contribution in [0.1, 0.15) is 61.2 Å². The van der Waals surface area contributed by atoms with Gasteiger partial charge < -0.3 is 29.4 Å². The predicted octanol–water partition coefficient (Wildman–Crippen LogP) is 2.60. The maximum Gasteiger partial charge on any atom is 0.325 e. The van der Waals surface area contributed by atoms with Crippen LogP contribution in [0.4, 0.5) is 0 Å². The van der Waals surface area contributed by atoms with Gasteiger partial charge in [-0.05, 0) is 49.6 Å². The smallest absolute Gasteiger partial charge is 0.325 e. The van der Waals surface area contributed by atoms with E-state index in [1.807, 2.05) is 0 Å². The normalized spacial score (nSPS) is 14.4. The number of hydrogen-bond acceptors (Lipinski definition) is 7. The van der Waals surface area contributed by atoms with Gasteiger partial charge in [0.15, 0.2) is 5.76 Å². The standard InChI is InChI=1S/C26H33N3O7/c1-3-35-23(31)17-29(22(30)16-27-25(32)21-13-8-14-36-21)24(18-9-7-12-20(15-18)34-2)26(33)28-19-10-5-4-6-11-19/h7-9,12-15,19,24H,3-6,10-11,16-17H2,1-2H3,(H,27,32)(H,28,33)/t24-/m0/s1. The third-order valence-corrected chi connectivity index (χ3v) is 5.99. The van der Waals surface area contributed by atoms with Gasteiger partial charge in [0.1, 0.15) is 18.3 Å². The molecule has 1 aliphatic rings. The quantitative estimate of drug-likeness (QED) is 0.455. The number of amides is 3. The van der Waals surface area contributed by atoms with Gasteiger partial charge in [0.2, 0.25) is 11.8 Å². The third kappa shape index (κ3) is 7.34. The number of nitrogens with zero attached hydrogens (tertiary/aromatic N) is 1. The fraction of sp³-hybridized carbons (Fsp3) is 0.462. The van der Waals surface area contributed by atoms with E-state index in [9.17, 15) is 19.2 Å². The zero-order valence-corrected chi connectivity index (χ0v) is 20.7. The van der Waals surface area contributed by atoms with Crippen LogP contribution in [0.25, 0.3) is 0 Å². The fourth-order valence-electron chi connectivity index (χ4n) is 4.23. The molecule has 36 heavy (non-hydrogen) atoms. The summed E-state index contributed by atoms with van der Waals surface area (Å²) in [6.45, 7) is 0.858. The number of methoxy groups -OCH3 is 1. The Kier molecular flexibility index (Phi) is 9.91. The molecule has 194 valence electrons. The Hall–Kier alpha value is -3.82. The summed E-state index contributed by atoms with van der Waals surface area (Å²) in [5.41, 5.74) is 0.470. The van der Waals surface area contributed by atoms with Crippen molar-refractivity contribution in [3.05, 3.63) is 54.0 Å². The molecule has 1 aromatic carbocycles. The van der Waals surface area contributed by atoms with Gasteiger partial charge in [0, 0.05) is 6.04 Å². The molecule has 0 aliphatic heterocycles. The Balaban J connectivity index is 1.90. The Labute approximate surface area is 210 Å². The van der Waals surface area contributed by atoms with Crippen LogP contribution < -0.4 is 15.4 Å². The first-order chi connectivity index (χ1) is 17.4. The molecule has 1 fully saturated rings. The summed E-state index contributed by atoms with van der Waals surface area (Å²) >= 11 is 0. The Morgan fingerprint density at radius 3 is 2.56 bits per heavy atom. The van der Waals surface area contributed by atoms with Gasteiger partial charge in [-0.2, -0.15) is 0 Å². The van der Waals surface area contributed by atoms with Gasteiger partial charge in [-0.15, -0.1) is 0 Å². The first kappa shape index (κ1) is 26.8. The summed E-state index contributed by atoms with van der Waals surface area (Å²) < 4.78 is 15.5. The lowest BCUT2D eigenvalue weighted by Crippen LogP contribution is -2.51. The molecule has 1 saturated carbocycles. The number of nitrogens with one attached hydrogen (secondary N) is 2. The average molecular weight is 500 g/mol. The Morgan fingerprint density at radius 2 is 1.89 bits per heavy atom. The predicted molar refractivity (Wildman–Crippen MR) is 130 cm³/mol. The highest BCUT2D eigenvalue weighted by Crippen LogP contribution is 2.27. The second-order valence-electron chi connectivity index (χ2n) is 8.51. The van der Waals surface area contributed by atoms with Crippen LogP contribution in [-0.4, -0.2) is 61.4 Å². The highest BCUT2D eigenvalue weighted by Gasteiger charge is 2.35. The van der Waals surface area contributed by atoms with E-state index in [1.54, 1.807) is 37.3 Å². The minimum absolute atomic E-state index is 0.0161. The molecular weight excluding hydrogens is 466 g/mol. The molecule has 2 aromatic rings. The van der Waals surface area contributed by atoms with Gasteiger partial charge in [-0.3, -0.25) is 19.2 Å². The minimum atomic E-state index is -1.14. The molecular formula is C26H33N3O7. The van der Waals surface area contributed by atoms with Crippen molar-refractivity contribution in [1.29, 1.82) is 0 Å². The van der Waals surface area contributed by atoms with Crippen molar-refractivity contribution in [3.8, 4) is 5.75 Å². The van der Waals surface area contributed by atoms with Gasteiger partial charge in [-0.25, -0.2) is 0 Å². The molecule has 1 atom stereocenters. The second-order valence-corrected chi connectivity index (χ2v) is 8.51. The largest absolute Gasteiger partial charge is 0.497 e. The highest BCUT2D eigenvalue weighted by atomic mass is 16.5. The first-order valence-corrected chi connectivity index (χ1v) is 12.1. The number of carbonyl (C=O) groups excluding carboxylic acids is 4. The van der Waals surface area contributed by atoms with E-state index < -0.39 is 42.8 Å². The van der Waals surface area contributed by atoms with E-state index in [2.05, 4.69) is 10.6 Å². The number of hydrogen-bond donors (Lipinski definition) is 2. The minimum Gasteiger partial charge on any atom is -0.497 e. The van der Waals surface area contributed by atoms with Gasteiger partial charge in [0.25, 0.3) is 5.91 Å². The highest BCUT2D eigenvalue weighted by molar-refractivity contribution is 5.96. The lowest BCUT2D eigenvalue weighted by Gasteiger charge is -2.33. The van der Waals surface area contributed by atoms with E-state index in [0.29, 0.717) is 11.3 Å². The maximum atomic E-state index is 13.6. The van der Waals surface area contributed by atoms with Crippen molar-refractivity contribution in [3.63, 3.8) is 0 Å². The molecule has 0 bridgehead atoms. The van der Waals surface area contributed by atoms with Crippen LogP contribution in [0.3, 0.4) is 0 Å². The lowest BCUT2D eigenvalue weighted by molar-refractivity contribution is -0.152. The van der Waals surface area contributed by atoms with Crippen LogP contribution >= 0.6 is 0 Å². The number of furan rings is 1. The zero-order valence-electron chi connectivity index (χ0n) is 20.7. The molecule has 0 radical (unpaired) electrons. The van der Waals surface area contributed by atoms with Crippen molar-refractivity contribution in [2.45, 2.75) is 51.1 Å². The van der Waals surface area contributed by atoms with Crippen molar-refractivity contribution < 1.29 is 33.1 Å². The summed E-state index contributed by atoms with van der Waals surface area (Å²) in [6.07, 6.45) is 6.19. The van der Waals surface area contributed by atoms with Crippen molar-refractivity contribution in [2.24, 2.45) is 0 Å². The van der Waals surface area contributed by atoms with Crippen molar-refractivity contribution >= 4 is 23.7 Å². The van der Waals surface area contributed by atoms with E-state index in [4.69, 9.17) is 13.9 Å². The van der Waals surface area contributed by atoms with E-state index in [-0.39, 0.29) is 18.4 Å². The summed E-state index contributed by atoms with van der Waals surface area (Å²) in [5, 5.41) is 5.54. The molecule has 0 unspecified atom stereocenters. The molecule has 3 amide bonds. The van der Waals surface area contributed by atoms with E-state index in [1.165, 1.54) is 19.4 Å². The molecule has 3 rings (SSSR count). The second kappa shape index (κ2) is 13.3. The molecule has 2 N–H and O–H groups in total. The van der Waals surface area contributed by atoms with Crippen LogP contribution in [0, 0.1) is 0 Å². The zero-order chi connectivity index (χ0) is 25.9. The molecule has 0 spiro atoms. The van der Waals surface area contributed by atoms with E-state index in [0.717, 1.165) is 37.0 Å². The summed E-state index contributed by atoms with van der Waals surface area (Å²) in [6, 6.07) is 8.64. The maximum absolute atomic E-state index is 13.6. The van der Waals surface area contributed by atoms with Gasteiger partial charge >= 0.3 is 5.97 Å². The monoisotopic (exact) mass is 499 g/mol. The van der Waals surface area contributed by atoms with Crippen LogP contribution in [0.5, 0.6) is 5.75 Å². The first-order valence-electron chi connectivity index (χ1n) is 12.1. The van der Waals surface area contributed by atoms with Crippen LogP contribution in [-0.2, 0) is 19.1 Å². The summed E-state index contributed by atoms with van der Waals surface area (Å²) in [4.78, 5) is 52.9. The molecule has 10 heteroatoms. The number of ether oxygens (including phenoxy) is 2. The third-order valence-electron chi connectivity index (χ3n) is 5.99. The molecule has 1 aliphatic carbocycles. The van der Waals surface area contributed by atoms with Crippen LogP contribution in [0.15, 0.2) is 47.1 Å². The average Bonchev–Trinajstić information content (AvgIpc) is 3.43. The van der Waals surface area contributed by atoms with Crippen molar-refractivity contribution in [1.82, 2.24) is 15.5 Å². The SMILES string of the molecule is CCOC(=O)CN(C(=O)CNC(=O)c1ccco1)[C@H](C(=O)NC1CCCCC1)c1cccc(OC)c1. The number of esters is 1. The number of rotatable bonds is 11. The molecule has 1 heterocycles. The molecule has 10 nitrogen and oxygen atoms in total. The van der Waals surface area contributed by atoms with Crippen LogP contribution in [0.2, 0.25) is 0 Å². The summed E-state index contributed by atoms with van der Waals surface area (Å²) in [7, 11) is 1.50. The fourth-order valence-corrected chi connectivity index (χ4v) is 4.23. The van der Waals surface area contributed by atoms with E-state index >= 15 is 0 Å². The number of benzene rings is 1. The summed E-state index contributed by atoms with van der Waals surface area (Å²) in [5.74, 6) is -1.76. The van der Waals surface area contributed by atoms with Gasteiger partial charge in [-0.1, -0.05) is 31.4 Å². The van der Waals surface area contributed by atoms with Gasteiger partial charge in [0.05, 0.1) is 26.5 Å².